The van der Waals surface area contributed by atoms with Crippen molar-refractivity contribution < 1.29 is 13.0 Å². The highest BCUT2D eigenvalue weighted by atomic mass is 32.2. The Balaban J connectivity index is 3.17. The Labute approximate surface area is 68.8 Å². The molecule has 0 amide bonds. The molecule has 0 saturated carbocycles. The molecule has 0 N–H and O–H groups in total. The number of hydrogen-bond donors (Lipinski definition) is 0. The normalized spacial score (nSPS) is 11.1. The minimum atomic E-state index is -4.42. The first-order valence-corrected chi connectivity index (χ1v) is 4.34. The van der Waals surface area contributed by atoms with Crippen LogP contribution in [0.3, 0.4) is 0 Å². The zero-order valence-corrected chi connectivity index (χ0v) is 6.61. The summed E-state index contributed by atoms with van der Waals surface area (Å²) in [4.78, 5) is 9.52. The zero-order valence-electron chi connectivity index (χ0n) is 5.80. The van der Waals surface area contributed by atoms with Gasteiger partial charge in [0, 0.05) is 0 Å². The highest BCUT2D eigenvalue weighted by molar-refractivity contribution is 7.85. The molecule has 12 heavy (non-hydrogen) atoms. The van der Waals surface area contributed by atoms with E-state index < -0.39 is 10.1 Å². The van der Waals surface area contributed by atoms with E-state index in [1.165, 1.54) is 0 Å². The molecule has 5 nitrogen and oxygen atoms in total. The molecule has 6 heteroatoms. The molecular formula is C6H4NO4S. The van der Waals surface area contributed by atoms with Gasteiger partial charge in [0.1, 0.15) is 5.69 Å². The Morgan fingerprint density at radius 3 is 1.92 bits per heavy atom. The summed E-state index contributed by atoms with van der Waals surface area (Å²) in [5.74, 6) is 0. The van der Waals surface area contributed by atoms with E-state index in [4.69, 9.17) is 0 Å². The van der Waals surface area contributed by atoms with Crippen molar-refractivity contribution in [2.45, 2.75) is 4.90 Å². The summed E-state index contributed by atoms with van der Waals surface area (Å²) in [7, 11) is -4.42. The Morgan fingerprint density at radius 1 is 1.08 bits per heavy atom. The fourth-order valence-corrected chi connectivity index (χ4v) is 1.14. The summed E-state index contributed by atoms with van der Waals surface area (Å²) in [6.45, 7) is 0. The molecule has 0 saturated heterocycles. The van der Waals surface area contributed by atoms with Crippen LogP contribution in [0.2, 0.25) is 0 Å². The lowest BCUT2D eigenvalue weighted by molar-refractivity contribution is 0.414. The van der Waals surface area contributed by atoms with Crippen LogP contribution in [0.1, 0.15) is 0 Å². The van der Waals surface area contributed by atoms with Crippen LogP contribution in [0.4, 0.5) is 5.69 Å². The molecule has 0 spiro atoms. The lowest BCUT2D eigenvalue weighted by Crippen LogP contribution is -1.94. The van der Waals surface area contributed by atoms with Crippen LogP contribution in [0, 0.1) is 4.91 Å². The van der Waals surface area contributed by atoms with Gasteiger partial charge >= 0.3 is 10.1 Å². The summed E-state index contributed by atoms with van der Waals surface area (Å²) >= 11 is 0. The summed E-state index contributed by atoms with van der Waals surface area (Å²) in [6.07, 6.45) is 0. The van der Waals surface area contributed by atoms with Crippen LogP contribution in [-0.4, -0.2) is 8.42 Å². The van der Waals surface area contributed by atoms with Crippen molar-refractivity contribution in [2.24, 2.45) is 5.18 Å². The van der Waals surface area contributed by atoms with Gasteiger partial charge in [0.05, 0.1) is 4.90 Å². The third-order valence-electron chi connectivity index (χ3n) is 1.23. The molecule has 0 aromatic heterocycles. The second kappa shape index (κ2) is 3.00. The molecule has 0 bridgehead atoms. The molecule has 1 rings (SSSR count). The zero-order chi connectivity index (χ0) is 9.19. The van der Waals surface area contributed by atoms with Gasteiger partial charge in [-0.05, 0) is 29.4 Å². The molecule has 0 aliphatic heterocycles. The Morgan fingerprint density at radius 2 is 1.58 bits per heavy atom. The van der Waals surface area contributed by atoms with Crippen LogP contribution in [-0.2, 0) is 14.7 Å². The average Bonchev–Trinajstić information content (AvgIpc) is 2.03. The van der Waals surface area contributed by atoms with E-state index in [1.807, 2.05) is 0 Å². The van der Waals surface area contributed by atoms with Gasteiger partial charge in [-0.3, -0.25) is 0 Å². The smallest absolute Gasteiger partial charge is 0.192 e. The average molecular weight is 186 g/mol. The van der Waals surface area contributed by atoms with Crippen molar-refractivity contribution in [2.75, 3.05) is 0 Å². The maximum Gasteiger partial charge on any atom is 0.324 e. The third kappa shape index (κ3) is 1.86. The van der Waals surface area contributed by atoms with Crippen LogP contribution in [0.5, 0.6) is 0 Å². The number of rotatable bonds is 2. The van der Waals surface area contributed by atoms with Crippen molar-refractivity contribution in [3.8, 4) is 0 Å². The maximum absolute atomic E-state index is 10.4. The molecule has 63 valence electrons. The summed E-state index contributed by atoms with van der Waals surface area (Å²) in [5, 5.41) is 2.55. The van der Waals surface area contributed by atoms with E-state index >= 15 is 0 Å². The first kappa shape index (κ1) is 8.82. The molecule has 0 fully saturated rings. The fourth-order valence-electron chi connectivity index (χ4n) is 0.674. The Kier molecular flexibility index (Phi) is 2.20. The largest absolute Gasteiger partial charge is 0.324 e. The SMILES string of the molecule is [O]S(=O)(=O)c1ccc(N=O)cc1. The molecule has 1 aromatic rings. The van der Waals surface area contributed by atoms with Crippen molar-refractivity contribution in [3.05, 3.63) is 29.2 Å². The molecule has 1 aromatic carbocycles. The van der Waals surface area contributed by atoms with E-state index in [1.54, 1.807) is 0 Å². The molecule has 0 aliphatic rings. The first-order valence-electron chi connectivity index (χ1n) is 2.93. The highest BCUT2D eigenvalue weighted by Crippen LogP contribution is 2.15. The van der Waals surface area contributed by atoms with Gasteiger partial charge in [0.25, 0.3) is 0 Å². The van der Waals surface area contributed by atoms with Crippen molar-refractivity contribution in [1.82, 2.24) is 0 Å². The lowest BCUT2D eigenvalue weighted by Gasteiger charge is -1.92. The third-order valence-corrected chi connectivity index (χ3v) is 2.08. The highest BCUT2D eigenvalue weighted by Gasteiger charge is 2.10. The molecule has 1 radical (unpaired) electrons. The molecule has 0 unspecified atom stereocenters. The van der Waals surface area contributed by atoms with Crippen LogP contribution < -0.4 is 0 Å². The van der Waals surface area contributed by atoms with E-state index in [9.17, 15) is 17.9 Å². The molecular weight excluding hydrogens is 182 g/mol. The maximum atomic E-state index is 10.4. The van der Waals surface area contributed by atoms with E-state index in [0.29, 0.717) is 0 Å². The van der Waals surface area contributed by atoms with Gasteiger partial charge in [-0.1, -0.05) is 4.55 Å². The van der Waals surface area contributed by atoms with Gasteiger partial charge < -0.3 is 0 Å². The monoisotopic (exact) mass is 186 g/mol. The quantitative estimate of drug-likeness (QED) is 0.650. The van der Waals surface area contributed by atoms with E-state index in [-0.39, 0.29) is 10.6 Å². The van der Waals surface area contributed by atoms with Gasteiger partial charge in [-0.15, -0.1) is 4.91 Å². The molecule has 0 heterocycles. The van der Waals surface area contributed by atoms with Gasteiger partial charge in [0.2, 0.25) is 0 Å². The first-order chi connectivity index (χ1) is 5.54. The minimum absolute atomic E-state index is 0.0856. The fraction of sp³-hybridized carbons (Fsp3) is 0. The molecule has 0 atom stereocenters. The minimum Gasteiger partial charge on any atom is -0.192 e. The predicted molar refractivity (Wildman–Crippen MR) is 39.8 cm³/mol. The van der Waals surface area contributed by atoms with Crippen LogP contribution in [0.15, 0.2) is 34.3 Å². The summed E-state index contributed by atoms with van der Waals surface area (Å²) in [5.41, 5.74) is 0.0856. The lowest BCUT2D eigenvalue weighted by atomic mass is 10.3. The Hall–Kier alpha value is -1.27. The van der Waals surface area contributed by atoms with E-state index in [2.05, 4.69) is 5.18 Å². The molecule has 0 aliphatic carbocycles. The van der Waals surface area contributed by atoms with Crippen LogP contribution >= 0.6 is 0 Å². The van der Waals surface area contributed by atoms with E-state index in [0.717, 1.165) is 24.3 Å². The summed E-state index contributed by atoms with van der Waals surface area (Å²) < 4.78 is 31.1. The second-order valence-electron chi connectivity index (χ2n) is 2.04. The summed E-state index contributed by atoms with van der Waals surface area (Å²) in [6, 6.07) is 4.41. The van der Waals surface area contributed by atoms with Crippen molar-refractivity contribution in [1.29, 1.82) is 0 Å². The standard InChI is InChI=1S/C6H4NO4S/c8-7-5-1-3-6(4-2-5)12(9,10)11/h1-4H. The Bertz CT molecular complexity index is 381. The number of nitrogens with zero attached hydrogens (tertiary/aromatic N) is 1. The van der Waals surface area contributed by atoms with Crippen molar-refractivity contribution >= 4 is 15.8 Å². The number of hydrogen-bond acceptors (Lipinski definition) is 4. The number of nitroso groups, excluding NO2 is 1. The van der Waals surface area contributed by atoms with Gasteiger partial charge in [-0.2, -0.15) is 8.42 Å². The second-order valence-corrected chi connectivity index (χ2v) is 3.42. The predicted octanol–water partition coefficient (Wildman–Crippen LogP) is 1.20. The van der Waals surface area contributed by atoms with Crippen molar-refractivity contribution in [3.63, 3.8) is 0 Å². The topological polar surface area (TPSA) is 83.5 Å². The van der Waals surface area contributed by atoms with Gasteiger partial charge in [-0.25, -0.2) is 0 Å². The van der Waals surface area contributed by atoms with Crippen LogP contribution in [0.25, 0.3) is 0 Å². The van der Waals surface area contributed by atoms with Gasteiger partial charge in [0.15, 0.2) is 0 Å². The number of benzene rings is 1.